The zero-order valence-corrected chi connectivity index (χ0v) is 50.4. The number of ether oxygens (including phenoxy) is 4. The molecule has 0 radical (unpaired) electrons. The Morgan fingerprint density at radius 2 is 0.989 bits per heavy atom. The molecule has 32 heteroatoms. The summed E-state index contributed by atoms with van der Waals surface area (Å²) in [5, 5.41) is 77.4. The molecule has 0 unspecified atom stereocenters. The number of hydrogen-bond donors (Lipinski definition) is 6. The topological polar surface area (TPSA) is 299 Å². The number of amides is 2. The molecule has 10 atom stereocenters. The summed E-state index contributed by atoms with van der Waals surface area (Å²) >= 11 is 38.0. The molecule has 8 aromatic rings. The number of unbranched alkanes of at least 4 members (excludes halogenated alkanes) is 2. The molecule has 2 aliphatic rings. The Morgan fingerprint density at radius 1 is 0.586 bits per heavy atom. The van der Waals surface area contributed by atoms with Crippen LogP contribution in [0.4, 0.5) is 8.78 Å². The van der Waals surface area contributed by atoms with Gasteiger partial charge in [-0.1, -0.05) is 92.2 Å². The maximum atomic E-state index is 14.6. The molecule has 24 nitrogen and oxygen atoms in total. The molecule has 6 heterocycles. The van der Waals surface area contributed by atoms with Crippen LogP contribution in [-0.2, 0) is 28.5 Å². The quantitative estimate of drug-likeness (QED) is 0.0368. The van der Waals surface area contributed by atoms with Gasteiger partial charge in [-0.05, 0) is 93.8 Å². The van der Waals surface area contributed by atoms with Crippen LogP contribution in [-0.4, -0.2) is 168 Å². The monoisotopic (exact) mass is 1320 g/mol. The number of carbonyl (C=O) groups is 2. The second-order valence-electron chi connectivity index (χ2n) is 20.3. The molecular formula is C55H54Cl6F2N14O10. The van der Waals surface area contributed by atoms with Crippen molar-refractivity contribution in [3.8, 4) is 33.9 Å². The zero-order chi connectivity index (χ0) is 61.8. The maximum Gasteiger partial charge on any atom is 0.246 e. The molecule has 0 saturated carbocycles. The van der Waals surface area contributed by atoms with E-state index < -0.39 is 111 Å². The van der Waals surface area contributed by atoms with Crippen molar-refractivity contribution >= 4 is 81.4 Å². The van der Waals surface area contributed by atoms with Crippen molar-refractivity contribution < 1.29 is 57.7 Å². The van der Waals surface area contributed by atoms with Crippen molar-refractivity contribution in [1.29, 1.82) is 0 Å². The zero-order valence-electron chi connectivity index (χ0n) is 45.8. The third kappa shape index (κ3) is 14.2. The number of benzene rings is 4. The van der Waals surface area contributed by atoms with Crippen molar-refractivity contribution in [3.63, 3.8) is 0 Å². The summed E-state index contributed by atoms with van der Waals surface area (Å²) in [4.78, 5) is 36.5. The van der Waals surface area contributed by atoms with E-state index in [2.05, 4.69) is 51.4 Å². The molecule has 2 amide bonds. The molecule has 0 spiro atoms. The Balaban J connectivity index is 0.796. The van der Waals surface area contributed by atoms with E-state index in [9.17, 15) is 38.8 Å². The predicted molar refractivity (Wildman–Crippen MR) is 312 cm³/mol. The first-order valence-electron chi connectivity index (χ1n) is 27.0. The third-order valence-electron chi connectivity index (χ3n) is 14.4. The van der Waals surface area contributed by atoms with Crippen LogP contribution in [0.1, 0.15) is 66.9 Å². The average Bonchev–Trinajstić information content (AvgIpc) is 1.85. The van der Waals surface area contributed by atoms with E-state index in [1.54, 1.807) is 50.2 Å². The van der Waals surface area contributed by atoms with Crippen LogP contribution in [0.5, 0.6) is 0 Å². The fraction of sp³-hybridized carbons (Fsp3) is 0.382. The van der Waals surface area contributed by atoms with Gasteiger partial charge in [-0.25, -0.2) is 37.5 Å². The van der Waals surface area contributed by atoms with Crippen LogP contribution < -0.4 is 10.6 Å². The van der Waals surface area contributed by atoms with Crippen molar-refractivity contribution in [1.82, 2.24) is 70.2 Å². The highest BCUT2D eigenvalue weighted by Crippen LogP contribution is 2.43. The minimum Gasteiger partial charge on any atom is -0.394 e. The number of aromatic nitrogens is 12. The van der Waals surface area contributed by atoms with E-state index in [0.29, 0.717) is 51.8 Å². The lowest BCUT2D eigenvalue weighted by atomic mass is 9.91. The fourth-order valence-electron chi connectivity index (χ4n) is 10.2. The first-order chi connectivity index (χ1) is 41.8. The number of aryl methyl sites for hydroxylation is 2. The van der Waals surface area contributed by atoms with E-state index >= 15 is 0 Å². The number of aliphatic hydroxyl groups is 4. The van der Waals surface area contributed by atoms with Gasteiger partial charge in [0.2, 0.25) is 11.8 Å². The van der Waals surface area contributed by atoms with Crippen molar-refractivity contribution in [2.24, 2.45) is 0 Å². The molecule has 2 aliphatic heterocycles. The number of aliphatic hydroxyl groups excluding tert-OH is 4. The normalized spacial score (nSPS) is 22.2. The minimum atomic E-state index is -1.51. The molecule has 6 N–H and O–H groups in total. The van der Waals surface area contributed by atoms with Gasteiger partial charge in [0.1, 0.15) is 109 Å². The molecular weight excluding hydrogens is 1270 g/mol. The van der Waals surface area contributed by atoms with Crippen molar-refractivity contribution in [2.75, 3.05) is 39.5 Å². The number of nitrogens with one attached hydrogen (secondary N) is 2. The Bertz CT molecular complexity index is 3530. The van der Waals surface area contributed by atoms with Crippen molar-refractivity contribution in [2.45, 2.75) is 94.0 Å². The van der Waals surface area contributed by atoms with Crippen molar-refractivity contribution in [3.05, 3.63) is 150 Å². The molecule has 4 aromatic heterocycles. The Hall–Kier alpha value is -6.34. The summed E-state index contributed by atoms with van der Waals surface area (Å²) in [7, 11) is 0. The molecule has 10 rings (SSSR count). The minimum absolute atomic E-state index is 0.105. The van der Waals surface area contributed by atoms with E-state index in [1.165, 1.54) is 67.5 Å². The second kappa shape index (κ2) is 28.0. The van der Waals surface area contributed by atoms with Crippen LogP contribution in [0.25, 0.3) is 33.9 Å². The highest BCUT2D eigenvalue weighted by Gasteiger charge is 2.52. The van der Waals surface area contributed by atoms with Crippen LogP contribution in [0, 0.1) is 25.5 Å². The van der Waals surface area contributed by atoms with Crippen LogP contribution in [0.3, 0.4) is 0 Å². The highest BCUT2D eigenvalue weighted by molar-refractivity contribution is 6.35. The number of rotatable bonds is 22. The molecule has 4 aromatic carbocycles. The predicted octanol–water partition coefficient (Wildman–Crippen LogP) is 7.12. The standard InChI is InChI=1S/C55H54Cl6F2N14O10/c1-26-66-54(76(70-26)40-18-30(56)8-12-34(40)60)52-50(46(48(82)42(22-78)86-52)74-20-38(68-72-74)28-6-10-32(58)36(62)16-28)84-24-44(80)64-14-4-3-5-15-65-45(81)25-85-51-47(75-21-39(69-73-75)29-7-11-33(59)37(63)17-29)49(83)43(23-79)87-53(51)55-67-27(2)71-77(55)41-19-31(57)9-13-35(41)61/h6-13,16-21,42-43,46-53,78-79,82-83H,3-5,14-15,22-25H2,1-2H3,(H,64,80)(H,65,81)/t42-,43+,46+,47-,48+,49-,50-,51+,52-,53+. The van der Waals surface area contributed by atoms with Gasteiger partial charge in [-0.3, -0.25) is 9.59 Å². The lowest BCUT2D eigenvalue weighted by Gasteiger charge is -2.43. The highest BCUT2D eigenvalue weighted by atomic mass is 35.5. The van der Waals surface area contributed by atoms with E-state index in [0.717, 1.165) is 0 Å². The van der Waals surface area contributed by atoms with Gasteiger partial charge in [0.05, 0.1) is 57.1 Å². The largest absolute Gasteiger partial charge is 0.394 e. The van der Waals surface area contributed by atoms with E-state index in [-0.39, 0.29) is 67.9 Å². The summed E-state index contributed by atoms with van der Waals surface area (Å²) in [6, 6.07) is 15.2. The number of hydrogen-bond acceptors (Lipinski definition) is 18. The van der Waals surface area contributed by atoms with Gasteiger partial charge in [0, 0.05) is 34.3 Å². The maximum absolute atomic E-state index is 14.6. The number of carbonyl (C=O) groups excluding carboxylic acids is 2. The Labute approximate surface area is 524 Å². The van der Waals surface area contributed by atoms with Crippen LogP contribution in [0.2, 0.25) is 30.1 Å². The van der Waals surface area contributed by atoms with Gasteiger partial charge < -0.3 is 50.0 Å². The van der Waals surface area contributed by atoms with E-state index in [4.69, 9.17) is 88.6 Å². The van der Waals surface area contributed by atoms with Gasteiger partial charge in [-0.15, -0.1) is 10.2 Å². The Kier molecular flexibility index (Phi) is 20.5. The molecule has 0 bridgehead atoms. The molecule has 0 aliphatic carbocycles. The fourth-order valence-corrected chi connectivity index (χ4v) is 11.2. The molecule has 2 fully saturated rings. The van der Waals surface area contributed by atoms with Gasteiger partial charge in [0.15, 0.2) is 11.6 Å². The summed E-state index contributed by atoms with van der Waals surface area (Å²) in [6.07, 6.45) is -6.28. The summed E-state index contributed by atoms with van der Waals surface area (Å²) in [5.74, 6) is -1.69. The first-order valence-corrected chi connectivity index (χ1v) is 29.2. The average molecular weight is 1320 g/mol. The SMILES string of the molecule is Cc1nc([C@H]2O[C@@H](CO)[C@@H](O)[C@@H](n3cc(-c4ccc(Cl)c(F)c4)nn3)[C@@H]2OCC(=O)NCCCCCNC(=O)CO[C@@H]2[C@@H](n3cc(-c4ccc(Cl)c(F)c4)nn3)[C@@H](O)[C@@H](CO)O[C@H]2c2nc(C)nn2-c2cc(Cl)ccc2Cl)n(-c2cc(Cl)ccc2Cl)n1. The summed E-state index contributed by atoms with van der Waals surface area (Å²) < 4.78 is 59.9. The van der Waals surface area contributed by atoms with Gasteiger partial charge in [-0.2, -0.15) is 10.2 Å². The van der Waals surface area contributed by atoms with Gasteiger partial charge in [0.25, 0.3) is 0 Å². The smallest absolute Gasteiger partial charge is 0.246 e. The first kappa shape index (κ1) is 63.7. The molecule has 2 saturated heterocycles. The lowest BCUT2D eigenvalue weighted by molar-refractivity contribution is -0.223. The second-order valence-corrected chi connectivity index (χ2v) is 22.8. The molecule has 460 valence electrons. The third-order valence-corrected chi connectivity index (χ3v) is 16.1. The molecule has 87 heavy (non-hydrogen) atoms. The Morgan fingerprint density at radius 3 is 1.38 bits per heavy atom. The van der Waals surface area contributed by atoms with Crippen LogP contribution in [0.15, 0.2) is 85.2 Å². The number of nitrogens with zero attached hydrogens (tertiary/aromatic N) is 12. The lowest BCUT2D eigenvalue weighted by Crippen LogP contribution is -2.54. The number of halogens is 8. The van der Waals surface area contributed by atoms with Gasteiger partial charge >= 0.3 is 0 Å². The van der Waals surface area contributed by atoms with E-state index in [1.807, 2.05) is 0 Å². The van der Waals surface area contributed by atoms with Crippen LogP contribution >= 0.6 is 69.6 Å². The summed E-state index contributed by atoms with van der Waals surface area (Å²) in [6.45, 7) is 1.17. The summed E-state index contributed by atoms with van der Waals surface area (Å²) in [5.41, 5.74) is 1.69.